The Morgan fingerprint density at radius 2 is 2.33 bits per heavy atom. The van der Waals surface area contributed by atoms with E-state index in [1.807, 2.05) is 4.68 Å². The number of hydrogen-bond acceptors (Lipinski definition) is 3. The average Bonchev–Trinajstić information content (AvgIpc) is 2.90. The van der Waals surface area contributed by atoms with E-state index in [2.05, 4.69) is 12.0 Å². The van der Waals surface area contributed by atoms with E-state index < -0.39 is 5.97 Å². The number of carboxylic acids is 1. The summed E-state index contributed by atoms with van der Waals surface area (Å²) in [6.07, 6.45) is 5.02. The number of nitrogens with zero attached hydrogens (tertiary/aromatic N) is 2. The number of rotatable bonds is 4. The summed E-state index contributed by atoms with van der Waals surface area (Å²) in [4.78, 5) is 11.3. The fourth-order valence-electron chi connectivity index (χ4n) is 2.63. The van der Waals surface area contributed by atoms with E-state index in [0.717, 1.165) is 6.42 Å². The van der Waals surface area contributed by atoms with Gasteiger partial charge in [-0.25, -0.2) is 4.79 Å². The molecular weight excluding hydrogens is 232 g/mol. The van der Waals surface area contributed by atoms with Crippen molar-refractivity contribution in [2.24, 2.45) is 5.92 Å². The molecule has 0 aromatic carbocycles. The quantitative estimate of drug-likeness (QED) is 0.888. The first-order valence-corrected chi connectivity index (χ1v) is 6.57. The van der Waals surface area contributed by atoms with Crippen molar-refractivity contribution in [2.45, 2.75) is 38.1 Å². The minimum Gasteiger partial charge on any atom is -0.478 e. The Morgan fingerprint density at radius 3 is 2.89 bits per heavy atom. The molecule has 2 atom stereocenters. The molecule has 1 aliphatic heterocycles. The Bertz CT molecular complexity index is 459. The number of carbonyl (C=O) groups is 1. The van der Waals surface area contributed by atoms with Crippen LogP contribution in [0, 0.1) is 5.92 Å². The van der Waals surface area contributed by atoms with Crippen molar-refractivity contribution in [1.82, 2.24) is 9.78 Å². The Labute approximate surface area is 106 Å². The highest BCUT2D eigenvalue weighted by molar-refractivity contribution is 5.88. The maximum atomic E-state index is 11.3. The van der Waals surface area contributed by atoms with Gasteiger partial charge in [0.15, 0.2) is 0 Å². The summed E-state index contributed by atoms with van der Waals surface area (Å²) in [6.45, 7) is 3.41. The molecular formula is C13H18N2O3. The van der Waals surface area contributed by atoms with E-state index in [9.17, 15) is 9.90 Å². The standard InChI is InChI=1S/C13H18N2O3/c1-8(9-2-3-9)15-6-11(13(16)17)12(14-15)10-4-5-18-7-10/h6,8-10H,2-5,7H2,1H3,(H,16,17). The van der Waals surface area contributed by atoms with Gasteiger partial charge in [0.05, 0.1) is 18.3 Å². The van der Waals surface area contributed by atoms with Gasteiger partial charge in [-0.05, 0) is 32.1 Å². The van der Waals surface area contributed by atoms with Gasteiger partial charge in [-0.1, -0.05) is 0 Å². The lowest BCUT2D eigenvalue weighted by Crippen LogP contribution is -2.09. The van der Waals surface area contributed by atoms with E-state index in [1.165, 1.54) is 12.8 Å². The number of aromatic nitrogens is 2. The number of aromatic carboxylic acids is 1. The van der Waals surface area contributed by atoms with Crippen molar-refractivity contribution < 1.29 is 14.6 Å². The van der Waals surface area contributed by atoms with Crippen LogP contribution >= 0.6 is 0 Å². The molecule has 18 heavy (non-hydrogen) atoms. The van der Waals surface area contributed by atoms with Crippen LogP contribution in [-0.4, -0.2) is 34.1 Å². The average molecular weight is 250 g/mol. The zero-order valence-electron chi connectivity index (χ0n) is 10.5. The van der Waals surface area contributed by atoms with Gasteiger partial charge in [0, 0.05) is 18.7 Å². The van der Waals surface area contributed by atoms with E-state index in [0.29, 0.717) is 36.4 Å². The topological polar surface area (TPSA) is 64.4 Å². The van der Waals surface area contributed by atoms with Crippen LogP contribution in [0.25, 0.3) is 0 Å². The predicted molar refractivity (Wildman–Crippen MR) is 64.8 cm³/mol. The van der Waals surface area contributed by atoms with Crippen LogP contribution in [0.3, 0.4) is 0 Å². The molecule has 1 saturated heterocycles. The van der Waals surface area contributed by atoms with Crippen molar-refractivity contribution in [3.8, 4) is 0 Å². The molecule has 5 heteroatoms. The summed E-state index contributed by atoms with van der Waals surface area (Å²) in [7, 11) is 0. The molecule has 2 fully saturated rings. The van der Waals surface area contributed by atoms with E-state index in [1.54, 1.807) is 6.20 Å². The zero-order valence-corrected chi connectivity index (χ0v) is 10.5. The molecule has 0 amide bonds. The van der Waals surface area contributed by atoms with Gasteiger partial charge in [0.2, 0.25) is 0 Å². The lowest BCUT2D eigenvalue weighted by Gasteiger charge is -2.10. The number of ether oxygens (including phenoxy) is 1. The molecule has 0 spiro atoms. The Morgan fingerprint density at radius 1 is 1.56 bits per heavy atom. The van der Waals surface area contributed by atoms with Gasteiger partial charge in [0.1, 0.15) is 5.56 Å². The second-order valence-corrected chi connectivity index (χ2v) is 5.35. The molecule has 1 aliphatic carbocycles. The highest BCUT2D eigenvalue weighted by Crippen LogP contribution is 2.39. The van der Waals surface area contributed by atoms with Crippen LogP contribution in [0.4, 0.5) is 0 Å². The zero-order chi connectivity index (χ0) is 12.7. The molecule has 0 radical (unpaired) electrons. The molecule has 2 aliphatic rings. The SMILES string of the molecule is CC(C1CC1)n1cc(C(=O)O)c(C2CCOC2)n1. The van der Waals surface area contributed by atoms with Gasteiger partial charge < -0.3 is 9.84 Å². The highest BCUT2D eigenvalue weighted by Gasteiger charge is 2.32. The Kier molecular flexibility index (Phi) is 2.86. The Balaban J connectivity index is 1.92. The molecule has 2 heterocycles. The summed E-state index contributed by atoms with van der Waals surface area (Å²) in [5.74, 6) is -0.0749. The molecule has 3 rings (SSSR count). The molecule has 5 nitrogen and oxygen atoms in total. The van der Waals surface area contributed by atoms with Crippen LogP contribution in [0.5, 0.6) is 0 Å². The van der Waals surface area contributed by atoms with Crippen LogP contribution < -0.4 is 0 Å². The lowest BCUT2D eigenvalue weighted by atomic mass is 10.0. The molecule has 98 valence electrons. The minimum absolute atomic E-state index is 0.142. The third-order valence-electron chi connectivity index (χ3n) is 4.03. The minimum atomic E-state index is -0.883. The normalized spacial score (nSPS) is 25.3. The summed E-state index contributed by atoms with van der Waals surface area (Å²) in [5, 5.41) is 13.8. The second-order valence-electron chi connectivity index (χ2n) is 5.35. The first-order chi connectivity index (χ1) is 8.66. The summed E-state index contributed by atoms with van der Waals surface area (Å²) in [6, 6.07) is 0.305. The van der Waals surface area contributed by atoms with Gasteiger partial charge in [0.25, 0.3) is 0 Å². The summed E-state index contributed by atoms with van der Waals surface area (Å²) < 4.78 is 7.18. The fraction of sp³-hybridized carbons (Fsp3) is 0.692. The fourth-order valence-corrected chi connectivity index (χ4v) is 2.63. The molecule has 1 N–H and O–H groups in total. The molecule has 1 saturated carbocycles. The van der Waals surface area contributed by atoms with Crippen molar-refractivity contribution >= 4 is 5.97 Å². The summed E-state index contributed by atoms with van der Waals surface area (Å²) >= 11 is 0. The predicted octanol–water partition coefficient (Wildman–Crippen LogP) is 2.06. The lowest BCUT2D eigenvalue weighted by molar-refractivity contribution is 0.0695. The van der Waals surface area contributed by atoms with Crippen molar-refractivity contribution in [3.05, 3.63) is 17.5 Å². The Hall–Kier alpha value is -1.36. The van der Waals surface area contributed by atoms with Crippen LogP contribution in [0.15, 0.2) is 6.20 Å². The van der Waals surface area contributed by atoms with Crippen molar-refractivity contribution in [2.75, 3.05) is 13.2 Å². The smallest absolute Gasteiger partial charge is 0.339 e. The molecule has 2 unspecified atom stereocenters. The largest absolute Gasteiger partial charge is 0.478 e. The van der Waals surface area contributed by atoms with E-state index >= 15 is 0 Å². The van der Waals surface area contributed by atoms with E-state index in [4.69, 9.17) is 4.74 Å². The van der Waals surface area contributed by atoms with Gasteiger partial charge in [-0.3, -0.25) is 4.68 Å². The molecule has 0 bridgehead atoms. The monoisotopic (exact) mass is 250 g/mol. The maximum Gasteiger partial charge on any atom is 0.339 e. The second kappa shape index (κ2) is 4.39. The van der Waals surface area contributed by atoms with Crippen LogP contribution in [0.1, 0.15) is 54.2 Å². The number of hydrogen-bond donors (Lipinski definition) is 1. The van der Waals surface area contributed by atoms with Gasteiger partial charge >= 0.3 is 5.97 Å². The van der Waals surface area contributed by atoms with Crippen LogP contribution in [0.2, 0.25) is 0 Å². The highest BCUT2D eigenvalue weighted by atomic mass is 16.5. The first-order valence-electron chi connectivity index (χ1n) is 6.57. The third-order valence-corrected chi connectivity index (χ3v) is 4.03. The van der Waals surface area contributed by atoms with Gasteiger partial charge in [-0.2, -0.15) is 5.10 Å². The van der Waals surface area contributed by atoms with Crippen LogP contribution in [-0.2, 0) is 4.74 Å². The van der Waals surface area contributed by atoms with E-state index in [-0.39, 0.29) is 5.92 Å². The van der Waals surface area contributed by atoms with Gasteiger partial charge in [-0.15, -0.1) is 0 Å². The summed E-state index contributed by atoms with van der Waals surface area (Å²) in [5.41, 5.74) is 1.05. The number of carboxylic acid groups (broad SMARTS) is 1. The molecule has 1 aromatic rings. The van der Waals surface area contributed by atoms with Crippen molar-refractivity contribution in [3.63, 3.8) is 0 Å². The maximum absolute atomic E-state index is 11.3. The third kappa shape index (κ3) is 2.03. The first kappa shape index (κ1) is 11.7. The molecule has 1 aromatic heterocycles. The van der Waals surface area contributed by atoms with Crippen molar-refractivity contribution in [1.29, 1.82) is 0 Å².